The molecule has 30 heavy (non-hydrogen) atoms. The summed E-state index contributed by atoms with van der Waals surface area (Å²) in [6.45, 7) is 0.806. The summed E-state index contributed by atoms with van der Waals surface area (Å²) in [7, 11) is 0. The van der Waals surface area contributed by atoms with Crippen LogP contribution in [0.5, 0.6) is 0 Å². The van der Waals surface area contributed by atoms with E-state index in [0.717, 1.165) is 5.69 Å². The van der Waals surface area contributed by atoms with Gasteiger partial charge in [-0.05, 0) is 46.9 Å². The maximum absolute atomic E-state index is 12.1. The van der Waals surface area contributed by atoms with Gasteiger partial charge >= 0.3 is 6.09 Å². The summed E-state index contributed by atoms with van der Waals surface area (Å²) in [5.74, 6) is 6.03. The molecular weight excluding hydrogens is 376 g/mol. The van der Waals surface area contributed by atoms with E-state index in [0.29, 0.717) is 25.4 Å². The van der Waals surface area contributed by atoms with E-state index in [1.807, 2.05) is 48.6 Å². The molecule has 1 aromatic heterocycles. The molecule has 6 nitrogen and oxygen atoms in total. The maximum Gasteiger partial charge on any atom is 0.407 e. The van der Waals surface area contributed by atoms with Crippen LogP contribution in [0.2, 0.25) is 0 Å². The first-order valence-corrected chi connectivity index (χ1v) is 9.95. The number of hydrogen-bond acceptors (Lipinski definition) is 5. The van der Waals surface area contributed by atoms with Gasteiger partial charge < -0.3 is 15.5 Å². The summed E-state index contributed by atoms with van der Waals surface area (Å²) in [6.07, 6.45) is 4.11. The number of fused-ring (bicyclic) bond motifs is 3. The maximum atomic E-state index is 12.1. The minimum absolute atomic E-state index is 0.0672. The van der Waals surface area contributed by atoms with Crippen molar-refractivity contribution in [1.29, 1.82) is 0 Å². The molecule has 0 bridgehead atoms. The third-order valence-corrected chi connectivity index (χ3v) is 5.13. The SMILES string of the molecule is NNc1cccc(C=CCCNC(=O)OCC2c3ccccc3-c3ccccc32)n1. The van der Waals surface area contributed by atoms with Gasteiger partial charge in [0.05, 0.1) is 5.69 Å². The van der Waals surface area contributed by atoms with Crippen LogP contribution in [-0.2, 0) is 4.74 Å². The zero-order valence-corrected chi connectivity index (χ0v) is 16.5. The van der Waals surface area contributed by atoms with Gasteiger partial charge in [-0.3, -0.25) is 0 Å². The fourth-order valence-corrected chi connectivity index (χ4v) is 3.74. The first kappa shape index (κ1) is 19.7. The van der Waals surface area contributed by atoms with E-state index in [1.54, 1.807) is 6.07 Å². The molecule has 2 aromatic carbocycles. The Hall–Kier alpha value is -3.64. The van der Waals surface area contributed by atoms with Gasteiger partial charge in [-0.25, -0.2) is 15.6 Å². The molecule has 0 saturated carbocycles. The lowest BCUT2D eigenvalue weighted by molar-refractivity contribution is 0.143. The van der Waals surface area contributed by atoms with Crippen molar-refractivity contribution in [2.45, 2.75) is 12.3 Å². The number of aromatic nitrogens is 1. The number of carbonyl (C=O) groups excluding carboxylic acids is 1. The average Bonchev–Trinajstić information content (AvgIpc) is 3.11. The molecule has 0 unspecified atom stereocenters. The van der Waals surface area contributed by atoms with Crippen LogP contribution in [0, 0.1) is 0 Å². The second-order valence-corrected chi connectivity index (χ2v) is 7.04. The number of anilines is 1. The lowest BCUT2D eigenvalue weighted by Gasteiger charge is -2.14. The Morgan fingerprint density at radius 2 is 1.70 bits per heavy atom. The Morgan fingerprint density at radius 3 is 2.40 bits per heavy atom. The summed E-state index contributed by atoms with van der Waals surface area (Å²) in [4.78, 5) is 16.4. The Balaban J connectivity index is 1.27. The molecule has 0 atom stereocenters. The number of pyridine rings is 1. The van der Waals surface area contributed by atoms with E-state index < -0.39 is 6.09 Å². The molecule has 1 aliphatic rings. The fraction of sp³-hybridized carbons (Fsp3) is 0.167. The van der Waals surface area contributed by atoms with Crippen molar-refractivity contribution in [1.82, 2.24) is 10.3 Å². The Kier molecular flexibility index (Phi) is 6.06. The van der Waals surface area contributed by atoms with E-state index >= 15 is 0 Å². The lowest BCUT2D eigenvalue weighted by Crippen LogP contribution is -2.26. The van der Waals surface area contributed by atoms with Crippen LogP contribution in [0.25, 0.3) is 17.2 Å². The lowest BCUT2D eigenvalue weighted by atomic mass is 9.98. The molecule has 4 N–H and O–H groups in total. The van der Waals surface area contributed by atoms with Crippen molar-refractivity contribution in [3.8, 4) is 11.1 Å². The summed E-state index contributed by atoms with van der Waals surface area (Å²) in [5, 5.41) is 2.80. The third kappa shape index (κ3) is 4.34. The molecule has 1 aliphatic carbocycles. The third-order valence-electron chi connectivity index (χ3n) is 5.13. The largest absolute Gasteiger partial charge is 0.449 e. The van der Waals surface area contributed by atoms with Crippen LogP contribution in [0.1, 0.15) is 29.2 Å². The van der Waals surface area contributed by atoms with Gasteiger partial charge in [0, 0.05) is 12.5 Å². The van der Waals surface area contributed by atoms with Crippen LogP contribution in [0.15, 0.2) is 72.8 Å². The normalized spacial score (nSPS) is 12.4. The monoisotopic (exact) mass is 400 g/mol. The van der Waals surface area contributed by atoms with Crippen molar-refractivity contribution in [2.24, 2.45) is 5.84 Å². The van der Waals surface area contributed by atoms with E-state index in [2.05, 4.69) is 40.0 Å². The Bertz CT molecular complexity index is 1020. The summed E-state index contributed by atoms with van der Waals surface area (Å²) in [5.41, 5.74) is 8.16. The number of nitrogens with two attached hydrogens (primary N) is 1. The number of amides is 1. The van der Waals surface area contributed by atoms with Crippen molar-refractivity contribution in [3.05, 3.63) is 89.6 Å². The van der Waals surface area contributed by atoms with Gasteiger partial charge in [0.1, 0.15) is 12.4 Å². The zero-order chi connectivity index (χ0) is 20.8. The first-order valence-electron chi connectivity index (χ1n) is 9.95. The Labute approximate surface area is 175 Å². The Morgan fingerprint density at radius 1 is 1.00 bits per heavy atom. The molecule has 4 rings (SSSR count). The highest BCUT2D eigenvalue weighted by atomic mass is 16.5. The zero-order valence-electron chi connectivity index (χ0n) is 16.5. The molecule has 0 spiro atoms. The molecular formula is C24H24N4O2. The van der Waals surface area contributed by atoms with Crippen molar-refractivity contribution >= 4 is 18.0 Å². The van der Waals surface area contributed by atoms with Crippen LogP contribution in [0.4, 0.5) is 10.6 Å². The highest BCUT2D eigenvalue weighted by molar-refractivity contribution is 5.79. The second kappa shape index (κ2) is 9.24. The van der Waals surface area contributed by atoms with Gasteiger partial charge in [-0.2, -0.15) is 0 Å². The number of ether oxygens (including phenoxy) is 1. The predicted molar refractivity (Wildman–Crippen MR) is 119 cm³/mol. The number of nitrogens with zero attached hydrogens (tertiary/aromatic N) is 1. The summed E-state index contributed by atoms with van der Waals surface area (Å²) < 4.78 is 5.53. The van der Waals surface area contributed by atoms with E-state index in [9.17, 15) is 4.79 Å². The standard InChI is InChI=1S/C24H24N4O2/c25-28-23-14-7-9-17(27-23)8-5-6-15-26-24(29)30-16-22-20-12-3-1-10-18(20)19-11-2-4-13-21(19)22/h1-5,7-14,22H,6,15-16,25H2,(H,26,29)(H,27,28). The summed E-state index contributed by atoms with van der Waals surface area (Å²) >= 11 is 0. The molecule has 3 aromatic rings. The predicted octanol–water partition coefficient (Wildman–Crippen LogP) is 4.31. The van der Waals surface area contributed by atoms with E-state index in [4.69, 9.17) is 10.6 Å². The van der Waals surface area contributed by atoms with Crippen molar-refractivity contribution in [3.63, 3.8) is 0 Å². The smallest absolute Gasteiger partial charge is 0.407 e. The highest BCUT2D eigenvalue weighted by Crippen LogP contribution is 2.44. The van der Waals surface area contributed by atoms with Gasteiger partial charge in [0.2, 0.25) is 0 Å². The van der Waals surface area contributed by atoms with Crippen LogP contribution in [-0.4, -0.2) is 24.2 Å². The molecule has 152 valence electrons. The number of rotatable bonds is 7. The van der Waals surface area contributed by atoms with Gasteiger partial charge in [-0.1, -0.05) is 60.7 Å². The van der Waals surface area contributed by atoms with E-state index in [1.165, 1.54) is 22.3 Å². The van der Waals surface area contributed by atoms with Gasteiger partial charge in [0.25, 0.3) is 0 Å². The number of nitrogens with one attached hydrogen (secondary N) is 2. The number of hydrazine groups is 1. The van der Waals surface area contributed by atoms with Gasteiger partial charge in [0.15, 0.2) is 0 Å². The second-order valence-electron chi connectivity index (χ2n) is 7.04. The van der Waals surface area contributed by atoms with Gasteiger partial charge in [-0.15, -0.1) is 0 Å². The molecule has 0 radical (unpaired) electrons. The quantitative estimate of drug-likeness (QED) is 0.312. The fourth-order valence-electron chi connectivity index (χ4n) is 3.74. The number of hydrogen-bond donors (Lipinski definition) is 3. The number of carbonyl (C=O) groups is 1. The van der Waals surface area contributed by atoms with Crippen molar-refractivity contribution < 1.29 is 9.53 Å². The van der Waals surface area contributed by atoms with Crippen LogP contribution >= 0.6 is 0 Å². The minimum Gasteiger partial charge on any atom is -0.449 e. The molecule has 0 aliphatic heterocycles. The number of alkyl carbamates (subject to hydrolysis) is 1. The number of nitrogen functional groups attached to an aromatic ring is 1. The molecule has 0 saturated heterocycles. The topological polar surface area (TPSA) is 89.3 Å². The summed E-state index contributed by atoms with van der Waals surface area (Å²) in [6, 6.07) is 22.1. The molecule has 1 amide bonds. The minimum atomic E-state index is -0.405. The van der Waals surface area contributed by atoms with Crippen LogP contribution in [0.3, 0.4) is 0 Å². The molecule has 0 fully saturated rings. The number of benzene rings is 2. The average molecular weight is 400 g/mol. The van der Waals surface area contributed by atoms with E-state index in [-0.39, 0.29) is 5.92 Å². The van der Waals surface area contributed by atoms with Crippen LogP contribution < -0.4 is 16.6 Å². The molecule has 6 heteroatoms. The molecule has 1 heterocycles. The highest BCUT2D eigenvalue weighted by Gasteiger charge is 2.28. The first-order chi connectivity index (χ1) is 14.8. The van der Waals surface area contributed by atoms with Crippen molar-refractivity contribution in [2.75, 3.05) is 18.6 Å².